The molecule has 0 aliphatic heterocycles. The summed E-state index contributed by atoms with van der Waals surface area (Å²) < 4.78 is 4.33. The van der Waals surface area contributed by atoms with Gasteiger partial charge in [-0.25, -0.2) is 4.79 Å². The van der Waals surface area contributed by atoms with Gasteiger partial charge in [-0.15, -0.1) is 0 Å². The van der Waals surface area contributed by atoms with Gasteiger partial charge in [-0.2, -0.15) is 0 Å². The highest BCUT2D eigenvalue weighted by Crippen LogP contribution is 2.32. The summed E-state index contributed by atoms with van der Waals surface area (Å²) in [5, 5.41) is 8.14. The molecule has 0 heterocycles. The van der Waals surface area contributed by atoms with E-state index in [-0.39, 0.29) is 0 Å². The van der Waals surface area contributed by atoms with E-state index in [1.54, 1.807) is 35.9 Å². The molecule has 1 aliphatic carbocycles. The van der Waals surface area contributed by atoms with Crippen molar-refractivity contribution in [2.24, 2.45) is 0 Å². The van der Waals surface area contributed by atoms with E-state index in [1.165, 1.54) is 32.1 Å². The van der Waals surface area contributed by atoms with Crippen LogP contribution in [0.15, 0.2) is 60.7 Å². The van der Waals surface area contributed by atoms with Gasteiger partial charge in [-0.1, -0.05) is 67.8 Å². The maximum absolute atomic E-state index is 9.95. The Bertz CT molecular complexity index is 545. The summed E-state index contributed by atoms with van der Waals surface area (Å²) in [5.74, 6) is 1.20. The molecule has 1 aliphatic rings. The number of ether oxygens (including phenoxy) is 1. The molecule has 2 aromatic carbocycles. The number of carboxylic acid groups (broad SMARTS) is 1. The van der Waals surface area contributed by atoms with Gasteiger partial charge in [0.05, 0.1) is 0 Å². The van der Waals surface area contributed by atoms with Crippen molar-refractivity contribution in [2.45, 2.75) is 38.0 Å². The average molecular weight is 298 g/mol. The first-order chi connectivity index (χ1) is 10.8. The number of benzene rings is 2. The van der Waals surface area contributed by atoms with Crippen LogP contribution >= 0.6 is 0 Å². The Hall–Kier alpha value is -2.29. The van der Waals surface area contributed by atoms with Crippen LogP contribution in [-0.2, 0) is 0 Å². The first kappa shape index (κ1) is 16.1. The predicted molar refractivity (Wildman–Crippen MR) is 87.4 cm³/mol. The molecule has 0 bridgehead atoms. The van der Waals surface area contributed by atoms with E-state index in [0.717, 1.165) is 5.92 Å². The molecule has 0 unspecified atom stereocenters. The molecule has 1 saturated carbocycles. The molecule has 3 rings (SSSR count). The number of hydrogen-bond acceptors (Lipinski definition) is 2. The third kappa shape index (κ3) is 5.60. The van der Waals surface area contributed by atoms with E-state index in [1.807, 2.05) is 0 Å². The Labute approximate surface area is 131 Å². The number of para-hydroxylation sites is 1. The Kier molecular flexibility index (Phi) is 6.49. The molecule has 0 radical (unpaired) electrons. The number of hydrogen-bond donors (Lipinski definition) is 1. The molecular weight excluding hydrogens is 276 g/mol. The van der Waals surface area contributed by atoms with Crippen LogP contribution in [0.25, 0.3) is 0 Å². The summed E-state index contributed by atoms with van der Waals surface area (Å²) in [6.45, 7) is 0. The molecular formula is C19H22O3. The van der Waals surface area contributed by atoms with E-state index < -0.39 is 6.16 Å². The summed E-state index contributed by atoms with van der Waals surface area (Å²) in [7, 11) is 0. The minimum absolute atomic E-state index is 0.343. The molecule has 0 saturated heterocycles. The topological polar surface area (TPSA) is 46.5 Å². The Morgan fingerprint density at radius 2 is 1.41 bits per heavy atom. The lowest BCUT2D eigenvalue weighted by molar-refractivity contribution is 0.144. The average Bonchev–Trinajstić information content (AvgIpc) is 2.57. The zero-order chi connectivity index (χ0) is 15.6. The maximum Gasteiger partial charge on any atom is 0.511 e. The van der Waals surface area contributed by atoms with E-state index in [9.17, 15) is 4.79 Å². The van der Waals surface area contributed by atoms with Crippen molar-refractivity contribution in [1.29, 1.82) is 0 Å². The smallest absolute Gasteiger partial charge is 0.449 e. The van der Waals surface area contributed by atoms with Gasteiger partial charge in [0.1, 0.15) is 5.75 Å². The summed E-state index contributed by atoms with van der Waals surface area (Å²) >= 11 is 0. The van der Waals surface area contributed by atoms with Crippen molar-refractivity contribution in [3.8, 4) is 5.75 Å². The molecule has 22 heavy (non-hydrogen) atoms. The van der Waals surface area contributed by atoms with Gasteiger partial charge in [0, 0.05) is 0 Å². The fraction of sp³-hybridized carbons (Fsp3) is 0.316. The van der Waals surface area contributed by atoms with Gasteiger partial charge in [-0.05, 0) is 36.5 Å². The van der Waals surface area contributed by atoms with Gasteiger partial charge < -0.3 is 9.84 Å². The van der Waals surface area contributed by atoms with Crippen molar-refractivity contribution in [2.75, 3.05) is 0 Å². The molecule has 0 atom stereocenters. The first-order valence-electron chi connectivity index (χ1n) is 7.76. The second-order valence-corrected chi connectivity index (χ2v) is 5.43. The van der Waals surface area contributed by atoms with Gasteiger partial charge in [0.25, 0.3) is 0 Å². The molecule has 116 valence electrons. The van der Waals surface area contributed by atoms with Crippen LogP contribution in [0.1, 0.15) is 43.6 Å². The highest BCUT2D eigenvalue weighted by molar-refractivity contribution is 5.60. The Balaban J connectivity index is 0.000000164. The van der Waals surface area contributed by atoms with Gasteiger partial charge in [0.15, 0.2) is 0 Å². The standard InChI is InChI=1S/C12H16.C7H6O3/c1-3-7-11(8-4-1)12-9-5-2-6-10-12;8-7(9)10-6-4-2-1-3-5-6/h1,3-4,7-8,12H,2,5-6,9-10H2;1-5H,(H,8,9). The minimum atomic E-state index is -1.29. The van der Waals surface area contributed by atoms with E-state index in [0.29, 0.717) is 5.75 Å². The monoisotopic (exact) mass is 298 g/mol. The molecule has 0 spiro atoms. The molecule has 0 amide bonds. The summed E-state index contributed by atoms with van der Waals surface area (Å²) in [5.41, 5.74) is 1.55. The molecule has 3 heteroatoms. The fourth-order valence-electron chi connectivity index (χ4n) is 2.75. The second kappa shape index (κ2) is 8.88. The molecule has 2 aromatic rings. The largest absolute Gasteiger partial charge is 0.511 e. The third-order valence-corrected chi connectivity index (χ3v) is 3.82. The zero-order valence-electron chi connectivity index (χ0n) is 12.7. The minimum Gasteiger partial charge on any atom is -0.449 e. The lowest BCUT2D eigenvalue weighted by Gasteiger charge is -2.21. The molecule has 1 fully saturated rings. The van der Waals surface area contributed by atoms with Crippen molar-refractivity contribution >= 4 is 6.16 Å². The summed E-state index contributed by atoms with van der Waals surface area (Å²) in [6.07, 6.45) is 5.84. The maximum atomic E-state index is 9.95. The van der Waals surface area contributed by atoms with Crippen LogP contribution < -0.4 is 4.74 Å². The predicted octanol–water partition coefficient (Wildman–Crippen LogP) is 5.48. The molecule has 0 aromatic heterocycles. The molecule has 3 nitrogen and oxygen atoms in total. The quantitative estimate of drug-likeness (QED) is 0.590. The van der Waals surface area contributed by atoms with Gasteiger partial charge >= 0.3 is 6.16 Å². The van der Waals surface area contributed by atoms with E-state index in [4.69, 9.17) is 5.11 Å². The number of carbonyl (C=O) groups is 1. The summed E-state index contributed by atoms with van der Waals surface area (Å²) in [4.78, 5) is 9.95. The zero-order valence-corrected chi connectivity index (χ0v) is 12.7. The van der Waals surface area contributed by atoms with Crippen LogP contribution in [0.2, 0.25) is 0 Å². The number of rotatable bonds is 2. The Morgan fingerprint density at radius 3 is 1.95 bits per heavy atom. The first-order valence-corrected chi connectivity index (χ1v) is 7.76. The van der Waals surface area contributed by atoms with E-state index in [2.05, 4.69) is 35.1 Å². The van der Waals surface area contributed by atoms with Crippen LogP contribution in [-0.4, -0.2) is 11.3 Å². The highest BCUT2D eigenvalue weighted by atomic mass is 16.7. The van der Waals surface area contributed by atoms with Gasteiger partial charge in [-0.3, -0.25) is 0 Å². The van der Waals surface area contributed by atoms with Gasteiger partial charge in [0.2, 0.25) is 0 Å². The van der Waals surface area contributed by atoms with Crippen molar-refractivity contribution in [3.05, 3.63) is 66.2 Å². The lowest BCUT2D eigenvalue weighted by atomic mass is 9.84. The van der Waals surface area contributed by atoms with E-state index >= 15 is 0 Å². The fourth-order valence-corrected chi connectivity index (χ4v) is 2.75. The normalized spacial score (nSPS) is 14.5. The van der Waals surface area contributed by atoms with Crippen molar-refractivity contribution < 1.29 is 14.6 Å². The SMILES string of the molecule is O=C(O)Oc1ccccc1.c1ccc(C2CCCCC2)cc1. The lowest BCUT2D eigenvalue weighted by Crippen LogP contribution is -2.03. The van der Waals surface area contributed by atoms with Crippen LogP contribution in [0.5, 0.6) is 5.75 Å². The highest BCUT2D eigenvalue weighted by Gasteiger charge is 2.14. The van der Waals surface area contributed by atoms with Crippen LogP contribution in [0, 0.1) is 0 Å². The van der Waals surface area contributed by atoms with Crippen molar-refractivity contribution in [3.63, 3.8) is 0 Å². The second-order valence-electron chi connectivity index (χ2n) is 5.43. The summed E-state index contributed by atoms with van der Waals surface area (Å²) in [6, 6.07) is 19.3. The van der Waals surface area contributed by atoms with Crippen molar-refractivity contribution in [1.82, 2.24) is 0 Å². The molecule has 1 N–H and O–H groups in total. The third-order valence-electron chi connectivity index (χ3n) is 3.82. The van der Waals surface area contributed by atoms with Crippen LogP contribution in [0.3, 0.4) is 0 Å². The Morgan fingerprint density at radius 1 is 0.864 bits per heavy atom. The van der Waals surface area contributed by atoms with Crippen LogP contribution in [0.4, 0.5) is 4.79 Å².